The van der Waals surface area contributed by atoms with Gasteiger partial charge in [0.1, 0.15) is 17.3 Å². The van der Waals surface area contributed by atoms with Gasteiger partial charge in [-0.15, -0.1) is 0 Å². The molecule has 1 aromatic heterocycles. The fourth-order valence-corrected chi connectivity index (χ4v) is 3.65. The Labute approximate surface area is 179 Å². The van der Waals surface area contributed by atoms with Crippen LogP contribution in [0.25, 0.3) is 6.08 Å². The highest BCUT2D eigenvalue weighted by Gasteiger charge is 2.30. The number of allylic oxidation sites excluding steroid dienone is 1. The zero-order chi connectivity index (χ0) is 21.8. The van der Waals surface area contributed by atoms with Gasteiger partial charge in [-0.25, -0.2) is 0 Å². The molecule has 0 saturated carbocycles. The van der Waals surface area contributed by atoms with E-state index in [9.17, 15) is 14.4 Å². The maximum Gasteiger partial charge on any atom is 0.310 e. The number of carbonyl (C=O) groups excluding carboxylic acids is 3. The third-order valence-corrected chi connectivity index (χ3v) is 5.21. The summed E-state index contributed by atoms with van der Waals surface area (Å²) in [6, 6.07) is 8.26. The number of fused-ring (bicyclic) bond motifs is 1. The lowest BCUT2D eigenvalue weighted by atomic mass is 9.98. The highest BCUT2D eigenvalue weighted by atomic mass is 16.5. The van der Waals surface area contributed by atoms with Gasteiger partial charge in [0.25, 0.3) is 5.91 Å². The highest BCUT2D eigenvalue weighted by Crippen LogP contribution is 2.35. The SMILES string of the molecule is CCOC(=O)C1CCCN(C(=O)COc2ccc3c(c2)OC(=Cc2ccco2)C3=O)C1. The summed E-state index contributed by atoms with van der Waals surface area (Å²) in [4.78, 5) is 38.6. The monoisotopic (exact) mass is 425 g/mol. The van der Waals surface area contributed by atoms with Crippen LogP contribution in [0, 0.1) is 5.92 Å². The molecule has 8 nitrogen and oxygen atoms in total. The van der Waals surface area contributed by atoms with Crippen molar-refractivity contribution < 1.29 is 33.0 Å². The van der Waals surface area contributed by atoms with Crippen LogP contribution in [0.3, 0.4) is 0 Å². The van der Waals surface area contributed by atoms with Gasteiger partial charge in [0.15, 0.2) is 12.4 Å². The minimum absolute atomic E-state index is 0.163. The quantitative estimate of drug-likeness (QED) is 0.518. The predicted octanol–water partition coefficient (Wildman–Crippen LogP) is 3.08. The average molecular weight is 425 g/mol. The van der Waals surface area contributed by atoms with Crippen LogP contribution in [-0.2, 0) is 14.3 Å². The van der Waals surface area contributed by atoms with E-state index in [1.54, 1.807) is 42.2 Å². The Hall–Kier alpha value is -3.55. The van der Waals surface area contributed by atoms with Crippen LogP contribution in [0.4, 0.5) is 0 Å². The number of carbonyl (C=O) groups is 3. The summed E-state index contributed by atoms with van der Waals surface area (Å²) in [7, 11) is 0. The molecule has 0 spiro atoms. The summed E-state index contributed by atoms with van der Waals surface area (Å²) in [5, 5.41) is 0. The first-order chi connectivity index (χ1) is 15.0. The minimum atomic E-state index is -0.295. The molecule has 8 heteroatoms. The van der Waals surface area contributed by atoms with E-state index in [2.05, 4.69) is 0 Å². The lowest BCUT2D eigenvalue weighted by Gasteiger charge is -2.31. The first kappa shape index (κ1) is 20.7. The molecule has 4 rings (SSSR count). The molecule has 0 aliphatic carbocycles. The molecule has 2 aromatic rings. The summed E-state index contributed by atoms with van der Waals surface area (Å²) >= 11 is 0. The Morgan fingerprint density at radius 3 is 2.94 bits per heavy atom. The van der Waals surface area contributed by atoms with Crippen LogP contribution in [0.1, 0.15) is 35.9 Å². The molecular weight excluding hydrogens is 402 g/mol. The van der Waals surface area contributed by atoms with Crippen LogP contribution < -0.4 is 9.47 Å². The number of rotatable bonds is 6. The summed E-state index contributed by atoms with van der Waals surface area (Å²) in [6.07, 6.45) is 4.50. The Bertz CT molecular complexity index is 1010. The van der Waals surface area contributed by atoms with Gasteiger partial charge in [-0.05, 0) is 44.0 Å². The van der Waals surface area contributed by atoms with Gasteiger partial charge in [0, 0.05) is 25.2 Å². The number of likely N-dealkylation sites (tertiary alicyclic amines) is 1. The van der Waals surface area contributed by atoms with Crippen LogP contribution in [-0.4, -0.2) is 48.9 Å². The summed E-state index contributed by atoms with van der Waals surface area (Å²) in [5.74, 6) is 0.456. The first-order valence-corrected chi connectivity index (χ1v) is 10.2. The van der Waals surface area contributed by atoms with Gasteiger partial charge < -0.3 is 23.5 Å². The van der Waals surface area contributed by atoms with Crippen molar-refractivity contribution >= 4 is 23.7 Å². The van der Waals surface area contributed by atoms with Crippen LogP contribution in [0.15, 0.2) is 46.8 Å². The molecule has 31 heavy (non-hydrogen) atoms. The van der Waals surface area contributed by atoms with E-state index >= 15 is 0 Å². The van der Waals surface area contributed by atoms with E-state index in [-0.39, 0.29) is 35.9 Å². The van der Waals surface area contributed by atoms with Crippen LogP contribution in [0.2, 0.25) is 0 Å². The van der Waals surface area contributed by atoms with Crippen molar-refractivity contribution in [3.8, 4) is 11.5 Å². The number of furan rings is 1. The molecule has 0 N–H and O–H groups in total. The van der Waals surface area contributed by atoms with Gasteiger partial charge in [0.2, 0.25) is 5.78 Å². The van der Waals surface area contributed by atoms with Gasteiger partial charge in [-0.1, -0.05) is 0 Å². The van der Waals surface area contributed by atoms with Crippen LogP contribution >= 0.6 is 0 Å². The molecule has 1 aromatic carbocycles. The second-order valence-electron chi connectivity index (χ2n) is 7.33. The largest absolute Gasteiger partial charge is 0.484 e. The Kier molecular flexibility index (Phi) is 6.06. The fourth-order valence-electron chi connectivity index (χ4n) is 3.65. The van der Waals surface area contributed by atoms with Crippen molar-refractivity contribution in [2.75, 3.05) is 26.3 Å². The maximum absolute atomic E-state index is 12.6. The fraction of sp³-hybridized carbons (Fsp3) is 0.348. The number of nitrogens with zero attached hydrogens (tertiary/aromatic N) is 1. The second kappa shape index (κ2) is 9.07. The number of amides is 1. The lowest BCUT2D eigenvalue weighted by molar-refractivity contribution is -0.151. The maximum atomic E-state index is 12.6. The Balaban J connectivity index is 1.36. The van der Waals surface area contributed by atoms with Gasteiger partial charge in [-0.3, -0.25) is 14.4 Å². The van der Waals surface area contributed by atoms with Crippen molar-refractivity contribution in [2.45, 2.75) is 19.8 Å². The summed E-state index contributed by atoms with van der Waals surface area (Å²) in [5.41, 5.74) is 0.421. The number of Topliss-reactive ketones (excluding diaryl/α,β-unsaturated/α-hetero) is 1. The smallest absolute Gasteiger partial charge is 0.310 e. The van der Waals surface area contributed by atoms with E-state index < -0.39 is 0 Å². The molecule has 2 aliphatic heterocycles. The third-order valence-electron chi connectivity index (χ3n) is 5.21. The van der Waals surface area contributed by atoms with Crippen molar-refractivity contribution in [1.29, 1.82) is 0 Å². The van der Waals surface area contributed by atoms with Crippen molar-refractivity contribution in [1.82, 2.24) is 4.90 Å². The highest BCUT2D eigenvalue weighted by molar-refractivity contribution is 6.14. The molecule has 0 bridgehead atoms. The minimum Gasteiger partial charge on any atom is -0.484 e. The molecule has 3 heterocycles. The van der Waals surface area contributed by atoms with E-state index in [0.29, 0.717) is 48.9 Å². The molecule has 2 aliphatic rings. The van der Waals surface area contributed by atoms with Crippen molar-refractivity contribution in [2.24, 2.45) is 5.92 Å². The number of ether oxygens (including phenoxy) is 3. The number of hydrogen-bond donors (Lipinski definition) is 0. The molecular formula is C23H23NO7. The summed E-state index contributed by atoms with van der Waals surface area (Å²) < 4.78 is 21.6. The second-order valence-corrected chi connectivity index (χ2v) is 7.33. The van der Waals surface area contributed by atoms with Crippen molar-refractivity contribution in [3.05, 3.63) is 53.7 Å². The predicted molar refractivity (Wildman–Crippen MR) is 110 cm³/mol. The number of benzene rings is 1. The topological polar surface area (TPSA) is 95.3 Å². The molecule has 162 valence electrons. The summed E-state index contributed by atoms with van der Waals surface area (Å²) in [6.45, 7) is 2.84. The van der Waals surface area contributed by atoms with Gasteiger partial charge >= 0.3 is 5.97 Å². The van der Waals surface area contributed by atoms with Crippen LogP contribution in [0.5, 0.6) is 11.5 Å². The Morgan fingerprint density at radius 1 is 1.29 bits per heavy atom. The molecule has 1 fully saturated rings. The Morgan fingerprint density at radius 2 is 2.16 bits per heavy atom. The van der Waals surface area contributed by atoms with E-state index in [4.69, 9.17) is 18.6 Å². The average Bonchev–Trinajstić information content (AvgIpc) is 3.40. The standard InChI is InChI=1S/C23H23NO7/c1-2-28-23(27)15-5-3-9-24(13-15)21(25)14-30-17-7-8-18-19(11-17)31-20(22(18)26)12-16-6-4-10-29-16/h4,6-8,10-12,15H,2-3,5,9,13-14H2,1H3. The molecule has 1 saturated heterocycles. The first-order valence-electron chi connectivity index (χ1n) is 10.2. The number of piperidine rings is 1. The molecule has 1 unspecified atom stereocenters. The lowest BCUT2D eigenvalue weighted by Crippen LogP contribution is -2.44. The van der Waals surface area contributed by atoms with E-state index in [1.807, 2.05) is 0 Å². The van der Waals surface area contributed by atoms with E-state index in [1.165, 1.54) is 12.3 Å². The number of ketones is 1. The number of esters is 1. The van der Waals surface area contributed by atoms with Crippen molar-refractivity contribution in [3.63, 3.8) is 0 Å². The van der Waals surface area contributed by atoms with E-state index in [0.717, 1.165) is 6.42 Å². The number of hydrogen-bond acceptors (Lipinski definition) is 7. The van der Waals surface area contributed by atoms with Gasteiger partial charge in [0.05, 0.1) is 24.4 Å². The zero-order valence-corrected chi connectivity index (χ0v) is 17.2. The van der Waals surface area contributed by atoms with Gasteiger partial charge in [-0.2, -0.15) is 0 Å². The third kappa shape index (κ3) is 4.63. The molecule has 1 amide bonds. The molecule has 1 atom stereocenters. The normalized spacial score (nSPS) is 19.1. The zero-order valence-electron chi connectivity index (χ0n) is 17.2. The molecule has 0 radical (unpaired) electrons.